The largest absolute Gasteiger partial charge is 0.493 e. The van der Waals surface area contributed by atoms with E-state index in [0.717, 1.165) is 18.4 Å². The molecule has 0 atom stereocenters. The van der Waals surface area contributed by atoms with Gasteiger partial charge in [-0.15, -0.1) is 0 Å². The molecule has 1 heterocycles. The maximum atomic E-state index is 12.4. The molecule has 0 radical (unpaired) electrons. The number of rotatable bonds is 9. The van der Waals surface area contributed by atoms with Crippen LogP contribution in [-0.2, 0) is 6.54 Å². The Morgan fingerprint density at radius 1 is 1.19 bits per heavy atom. The lowest BCUT2D eigenvalue weighted by Crippen LogP contribution is -2.28. The Labute approximate surface area is 154 Å². The van der Waals surface area contributed by atoms with Crippen molar-refractivity contribution in [3.05, 3.63) is 41.7 Å². The molecular formula is C19H26N4O3. The van der Waals surface area contributed by atoms with Crippen LogP contribution in [0.5, 0.6) is 11.5 Å². The molecule has 7 heteroatoms. The van der Waals surface area contributed by atoms with Gasteiger partial charge in [0.05, 0.1) is 14.2 Å². The number of anilines is 1. The summed E-state index contributed by atoms with van der Waals surface area (Å²) in [4.78, 5) is 22.6. The quantitative estimate of drug-likeness (QED) is 0.743. The first kappa shape index (κ1) is 19.5. The van der Waals surface area contributed by atoms with Crippen molar-refractivity contribution in [3.8, 4) is 11.5 Å². The molecular weight excluding hydrogens is 332 g/mol. The van der Waals surface area contributed by atoms with E-state index in [2.05, 4.69) is 22.2 Å². The molecule has 1 aromatic heterocycles. The summed E-state index contributed by atoms with van der Waals surface area (Å²) in [7, 11) is 4.99. The molecule has 2 aromatic rings. The van der Waals surface area contributed by atoms with Crippen molar-refractivity contribution < 1.29 is 14.3 Å². The number of methoxy groups -OCH3 is 2. The molecule has 0 saturated heterocycles. The average molecular weight is 358 g/mol. The lowest BCUT2D eigenvalue weighted by Gasteiger charge is -2.16. The third-order valence-corrected chi connectivity index (χ3v) is 3.97. The first-order valence-electron chi connectivity index (χ1n) is 8.62. The molecule has 1 aromatic carbocycles. The summed E-state index contributed by atoms with van der Waals surface area (Å²) in [6.07, 6.45) is 3.60. The van der Waals surface area contributed by atoms with E-state index in [1.807, 2.05) is 18.2 Å². The first-order chi connectivity index (χ1) is 12.6. The number of unbranched alkanes of at least 4 members (excludes halogenated alkanes) is 1. The molecule has 0 spiro atoms. The normalized spacial score (nSPS) is 10.3. The van der Waals surface area contributed by atoms with E-state index in [1.165, 1.54) is 0 Å². The third-order valence-electron chi connectivity index (χ3n) is 3.97. The van der Waals surface area contributed by atoms with Gasteiger partial charge in [-0.25, -0.2) is 9.97 Å². The highest BCUT2D eigenvalue weighted by Crippen LogP contribution is 2.27. The number of carbonyl (C=O) groups excluding carboxylic acids is 1. The Balaban J connectivity index is 2.03. The molecule has 1 amide bonds. The SMILES string of the molecule is CCCCN(C)C(=O)c1ccnc(NCc2ccc(OC)c(OC)c2)n1. The molecule has 0 bridgehead atoms. The number of hydrogen-bond acceptors (Lipinski definition) is 6. The summed E-state index contributed by atoms with van der Waals surface area (Å²) in [6, 6.07) is 7.30. The van der Waals surface area contributed by atoms with Crippen LogP contribution in [0.3, 0.4) is 0 Å². The molecule has 1 N–H and O–H groups in total. The van der Waals surface area contributed by atoms with Crippen LogP contribution in [0.4, 0.5) is 5.95 Å². The molecule has 0 aliphatic heterocycles. The minimum absolute atomic E-state index is 0.102. The van der Waals surface area contributed by atoms with Gasteiger partial charge >= 0.3 is 0 Å². The van der Waals surface area contributed by atoms with Crippen molar-refractivity contribution in [3.63, 3.8) is 0 Å². The van der Waals surface area contributed by atoms with Crippen LogP contribution < -0.4 is 14.8 Å². The lowest BCUT2D eigenvalue weighted by atomic mass is 10.2. The van der Waals surface area contributed by atoms with E-state index in [1.54, 1.807) is 38.4 Å². The van der Waals surface area contributed by atoms with E-state index in [-0.39, 0.29) is 5.91 Å². The van der Waals surface area contributed by atoms with Crippen LogP contribution >= 0.6 is 0 Å². The van der Waals surface area contributed by atoms with Crippen LogP contribution in [-0.4, -0.2) is 48.6 Å². The van der Waals surface area contributed by atoms with Crippen LogP contribution in [0.1, 0.15) is 35.8 Å². The second kappa shape index (κ2) is 9.60. The lowest BCUT2D eigenvalue weighted by molar-refractivity contribution is 0.0787. The fourth-order valence-electron chi connectivity index (χ4n) is 2.43. The molecule has 0 fully saturated rings. The van der Waals surface area contributed by atoms with Crippen LogP contribution in [0.2, 0.25) is 0 Å². The van der Waals surface area contributed by atoms with Gasteiger partial charge in [-0.05, 0) is 30.2 Å². The molecule has 0 aliphatic carbocycles. The number of amides is 1. The Hall–Kier alpha value is -2.83. The zero-order valence-electron chi connectivity index (χ0n) is 15.8. The highest BCUT2D eigenvalue weighted by atomic mass is 16.5. The highest BCUT2D eigenvalue weighted by Gasteiger charge is 2.13. The summed E-state index contributed by atoms with van der Waals surface area (Å²) >= 11 is 0. The predicted molar refractivity (Wildman–Crippen MR) is 101 cm³/mol. The third kappa shape index (κ3) is 5.08. The van der Waals surface area contributed by atoms with Gasteiger partial charge in [0, 0.05) is 26.3 Å². The Kier molecular flexibility index (Phi) is 7.20. The van der Waals surface area contributed by atoms with Crippen LogP contribution in [0, 0.1) is 0 Å². The van der Waals surface area contributed by atoms with Gasteiger partial charge in [-0.3, -0.25) is 4.79 Å². The van der Waals surface area contributed by atoms with Crippen molar-refractivity contribution >= 4 is 11.9 Å². The number of aromatic nitrogens is 2. The van der Waals surface area contributed by atoms with E-state index < -0.39 is 0 Å². The fourth-order valence-corrected chi connectivity index (χ4v) is 2.43. The molecule has 7 nitrogen and oxygen atoms in total. The number of ether oxygens (including phenoxy) is 2. The maximum Gasteiger partial charge on any atom is 0.272 e. The summed E-state index contributed by atoms with van der Waals surface area (Å²) in [5.41, 5.74) is 1.37. The maximum absolute atomic E-state index is 12.4. The predicted octanol–water partition coefficient (Wildman–Crippen LogP) is 2.98. The zero-order chi connectivity index (χ0) is 18.9. The van der Waals surface area contributed by atoms with Gasteiger partial charge in [0.1, 0.15) is 5.69 Å². The molecule has 140 valence electrons. The standard InChI is InChI=1S/C19H26N4O3/c1-5-6-11-23(2)18(24)15-9-10-20-19(22-15)21-13-14-7-8-16(25-3)17(12-14)26-4/h7-10,12H,5-6,11,13H2,1-4H3,(H,20,21,22). The second-order valence-corrected chi connectivity index (χ2v) is 5.89. The molecule has 0 unspecified atom stereocenters. The Morgan fingerprint density at radius 2 is 1.96 bits per heavy atom. The van der Waals surface area contributed by atoms with Gasteiger partial charge in [0.25, 0.3) is 5.91 Å². The van der Waals surface area contributed by atoms with Gasteiger partial charge in [0.15, 0.2) is 11.5 Å². The van der Waals surface area contributed by atoms with Crippen molar-refractivity contribution in [1.82, 2.24) is 14.9 Å². The number of nitrogens with one attached hydrogen (secondary N) is 1. The number of hydrogen-bond donors (Lipinski definition) is 1. The topological polar surface area (TPSA) is 76.6 Å². The summed E-state index contributed by atoms with van der Waals surface area (Å²) in [5, 5.41) is 3.14. The smallest absolute Gasteiger partial charge is 0.272 e. The summed E-state index contributed by atoms with van der Waals surface area (Å²) in [6.45, 7) is 3.32. The molecule has 2 rings (SSSR count). The van der Waals surface area contributed by atoms with Gasteiger partial charge in [-0.1, -0.05) is 19.4 Å². The fraction of sp³-hybridized carbons (Fsp3) is 0.421. The van der Waals surface area contributed by atoms with Crippen LogP contribution in [0.25, 0.3) is 0 Å². The van der Waals surface area contributed by atoms with Crippen molar-refractivity contribution in [1.29, 1.82) is 0 Å². The second-order valence-electron chi connectivity index (χ2n) is 5.89. The minimum Gasteiger partial charge on any atom is -0.493 e. The zero-order valence-corrected chi connectivity index (χ0v) is 15.8. The van der Waals surface area contributed by atoms with Gasteiger partial charge < -0.3 is 19.7 Å². The first-order valence-corrected chi connectivity index (χ1v) is 8.62. The Bertz CT molecular complexity index is 736. The van der Waals surface area contributed by atoms with Crippen molar-refractivity contribution in [2.45, 2.75) is 26.3 Å². The van der Waals surface area contributed by atoms with Gasteiger partial charge in [0.2, 0.25) is 5.95 Å². The molecule has 0 saturated carbocycles. The van der Waals surface area contributed by atoms with E-state index >= 15 is 0 Å². The number of nitrogens with zero attached hydrogens (tertiary/aromatic N) is 3. The average Bonchev–Trinajstić information content (AvgIpc) is 2.69. The van der Waals surface area contributed by atoms with E-state index in [9.17, 15) is 4.79 Å². The van der Waals surface area contributed by atoms with Gasteiger partial charge in [-0.2, -0.15) is 0 Å². The number of benzene rings is 1. The van der Waals surface area contributed by atoms with E-state index in [4.69, 9.17) is 9.47 Å². The monoisotopic (exact) mass is 358 g/mol. The summed E-state index contributed by atoms with van der Waals surface area (Å²) < 4.78 is 10.5. The van der Waals surface area contributed by atoms with Crippen molar-refractivity contribution in [2.24, 2.45) is 0 Å². The number of carbonyl (C=O) groups is 1. The van der Waals surface area contributed by atoms with E-state index in [0.29, 0.717) is 36.2 Å². The van der Waals surface area contributed by atoms with Crippen molar-refractivity contribution in [2.75, 3.05) is 33.1 Å². The molecule has 0 aliphatic rings. The highest BCUT2D eigenvalue weighted by molar-refractivity contribution is 5.92. The van der Waals surface area contributed by atoms with Crippen LogP contribution in [0.15, 0.2) is 30.5 Å². The summed E-state index contributed by atoms with van der Waals surface area (Å²) in [5.74, 6) is 1.65. The minimum atomic E-state index is -0.102. The molecule has 26 heavy (non-hydrogen) atoms. The Morgan fingerprint density at radius 3 is 2.65 bits per heavy atom.